The number of nitrogens with one attached hydrogen (secondary N) is 1. The molecule has 15 heavy (non-hydrogen) atoms. The van der Waals surface area contributed by atoms with Crippen LogP contribution in [0.3, 0.4) is 0 Å². The standard InChI is InChI=1S/C13H20ClN/c1-9(2)11-6-5-10(3)12(7-11)13(8-14)15-4/h5-7,9,13,15H,8H2,1-4H3. The summed E-state index contributed by atoms with van der Waals surface area (Å²) in [6.45, 7) is 6.56. The van der Waals surface area contributed by atoms with E-state index in [9.17, 15) is 0 Å². The average Bonchev–Trinajstić information content (AvgIpc) is 2.22. The summed E-state index contributed by atoms with van der Waals surface area (Å²) in [5.41, 5.74) is 4.00. The Bertz CT molecular complexity index is 316. The third-order valence-electron chi connectivity index (χ3n) is 2.85. The van der Waals surface area contributed by atoms with Crippen LogP contribution in [0, 0.1) is 6.92 Å². The molecule has 0 radical (unpaired) electrons. The number of halogens is 1. The Labute approximate surface area is 97.8 Å². The minimum Gasteiger partial charge on any atom is -0.312 e. The van der Waals surface area contributed by atoms with E-state index in [2.05, 4.69) is 44.3 Å². The molecule has 1 N–H and O–H groups in total. The van der Waals surface area contributed by atoms with Crippen molar-refractivity contribution in [3.63, 3.8) is 0 Å². The summed E-state index contributed by atoms with van der Waals surface area (Å²) in [4.78, 5) is 0. The van der Waals surface area contributed by atoms with Gasteiger partial charge in [0, 0.05) is 11.9 Å². The molecule has 1 unspecified atom stereocenters. The van der Waals surface area contributed by atoms with E-state index >= 15 is 0 Å². The first-order valence-corrected chi connectivity index (χ1v) is 5.97. The molecular formula is C13H20ClN. The Morgan fingerprint density at radius 1 is 1.33 bits per heavy atom. The first kappa shape index (κ1) is 12.5. The molecule has 0 aliphatic carbocycles. The third kappa shape index (κ3) is 2.96. The molecule has 0 saturated carbocycles. The molecule has 1 nitrogen and oxygen atoms in total. The normalized spacial score (nSPS) is 13.2. The molecule has 0 aliphatic rings. The van der Waals surface area contributed by atoms with Crippen LogP contribution in [0.4, 0.5) is 0 Å². The highest BCUT2D eigenvalue weighted by Crippen LogP contribution is 2.24. The topological polar surface area (TPSA) is 12.0 Å². The average molecular weight is 226 g/mol. The van der Waals surface area contributed by atoms with E-state index in [0.29, 0.717) is 11.8 Å². The summed E-state index contributed by atoms with van der Waals surface area (Å²) >= 11 is 5.94. The van der Waals surface area contributed by atoms with Crippen molar-refractivity contribution in [2.45, 2.75) is 32.7 Å². The van der Waals surface area contributed by atoms with Gasteiger partial charge < -0.3 is 5.32 Å². The maximum absolute atomic E-state index is 5.94. The van der Waals surface area contributed by atoms with E-state index in [1.54, 1.807) is 0 Å². The number of hydrogen-bond acceptors (Lipinski definition) is 1. The monoisotopic (exact) mass is 225 g/mol. The molecule has 84 valence electrons. The fourth-order valence-corrected chi connectivity index (χ4v) is 2.03. The van der Waals surface area contributed by atoms with Gasteiger partial charge in [0.1, 0.15) is 0 Å². The van der Waals surface area contributed by atoms with Crippen molar-refractivity contribution in [2.24, 2.45) is 0 Å². The number of benzene rings is 1. The summed E-state index contributed by atoms with van der Waals surface area (Å²) in [7, 11) is 1.95. The molecule has 0 aliphatic heterocycles. The van der Waals surface area contributed by atoms with Gasteiger partial charge in [0.2, 0.25) is 0 Å². The van der Waals surface area contributed by atoms with Crippen LogP contribution >= 0.6 is 11.6 Å². The van der Waals surface area contributed by atoms with Crippen LogP contribution < -0.4 is 5.32 Å². The lowest BCUT2D eigenvalue weighted by Crippen LogP contribution is -2.19. The minimum atomic E-state index is 0.255. The van der Waals surface area contributed by atoms with Crippen LogP contribution in [-0.2, 0) is 0 Å². The van der Waals surface area contributed by atoms with Crippen LogP contribution in [-0.4, -0.2) is 12.9 Å². The number of aryl methyl sites for hydroxylation is 1. The van der Waals surface area contributed by atoms with Gasteiger partial charge in [-0.25, -0.2) is 0 Å². The van der Waals surface area contributed by atoms with Crippen molar-refractivity contribution in [1.82, 2.24) is 5.32 Å². The lowest BCUT2D eigenvalue weighted by Gasteiger charge is -2.18. The Hall–Kier alpha value is -0.530. The molecule has 0 saturated heterocycles. The minimum absolute atomic E-state index is 0.255. The summed E-state index contributed by atoms with van der Waals surface area (Å²) in [6, 6.07) is 6.90. The van der Waals surface area contributed by atoms with Crippen LogP contribution in [0.25, 0.3) is 0 Å². The Morgan fingerprint density at radius 3 is 2.47 bits per heavy atom. The van der Waals surface area contributed by atoms with E-state index < -0.39 is 0 Å². The number of rotatable bonds is 4. The summed E-state index contributed by atoms with van der Waals surface area (Å²) in [5.74, 6) is 1.18. The van der Waals surface area contributed by atoms with Crippen molar-refractivity contribution >= 4 is 11.6 Å². The lowest BCUT2D eigenvalue weighted by atomic mass is 9.95. The van der Waals surface area contributed by atoms with Crippen molar-refractivity contribution in [3.05, 3.63) is 34.9 Å². The van der Waals surface area contributed by atoms with Crippen LogP contribution in [0.1, 0.15) is 42.5 Å². The molecule has 0 aromatic heterocycles. The van der Waals surface area contributed by atoms with E-state index in [1.165, 1.54) is 16.7 Å². The quantitative estimate of drug-likeness (QED) is 0.772. The largest absolute Gasteiger partial charge is 0.312 e. The van der Waals surface area contributed by atoms with Gasteiger partial charge >= 0.3 is 0 Å². The zero-order valence-corrected chi connectivity index (χ0v) is 10.7. The van der Waals surface area contributed by atoms with Gasteiger partial charge in [-0.2, -0.15) is 0 Å². The highest BCUT2D eigenvalue weighted by atomic mass is 35.5. The molecule has 2 heteroatoms. The van der Waals surface area contributed by atoms with Gasteiger partial charge in [-0.05, 0) is 36.6 Å². The van der Waals surface area contributed by atoms with Crippen LogP contribution in [0.2, 0.25) is 0 Å². The Kier molecular flexibility index (Phi) is 4.62. The molecule has 1 rings (SSSR count). The molecule has 1 aromatic rings. The van der Waals surface area contributed by atoms with E-state index in [0.717, 1.165) is 0 Å². The van der Waals surface area contributed by atoms with E-state index in [-0.39, 0.29) is 6.04 Å². The Morgan fingerprint density at radius 2 is 2.00 bits per heavy atom. The van der Waals surface area contributed by atoms with Gasteiger partial charge in [0.15, 0.2) is 0 Å². The van der Waals surface area contributed by atoms with Gasteiger partial charge in [-0.3, -0.25) is 0 Å². The molecule has 0 heterocycles. The van der Waals surface area contributed by atoms with Crippen molar-refractivity contribution < 1.29 is 0 Å². The molecule has 0 fully saturated rings. The molecule has 0 bridgehead atoms. The van der Waals surface area contributed by atoms with Gasteiger partial charge in [0.25, 0.3) is 0 Å². The predicted octanol–water partition coefficient (Wildman–Crippen LogP) is 3.62. The van der Waals surface area contributed by atoms with Crippen LogP contribution in [0.15, 0.2) is 18.2 Å². The van der Waals surface area contributed by atoms with Crippen molar-refractivity contribution in [3.8, 4) is 0 Å². The first-order chi connectivity index (χ1) is 7.10. The lowest BCUT2D eigenvalue weighted by molar-refractivity contribution is 0.652. The summed E-state index contributed by atoms with van der Waals surface area (Å²) in [6.07, 6.45) is 0. The predicted molar refractivity (Wildman–Crippen MR) is 67.8 cm³/mol. The maximum Gasteiger partial charge on any atom is 0.0457 e. The Balaban J connectivity index is 3.09. The second-order valence-corrected chi connectivity index (χ2v) is 4.57. The fraction of sp³-hybridized carbons (Fsp3) is 0.538. The van der Waals surface area contributed by atoms with Gasteiger partial charge in [-0.15, -0.1) is 11.6 Å². The smallest absolute Gasteiger partial charge is 0.0457 e. The fourth-order valence-electron chi connectivity index (χ4n) is 1.71. The zero-order valence-electron chi connectivity index (χ0n) is 9.97. The zero-order chi connectivity index (χ0) is 11.4. The second-order valence-electron chi connectivity index (χ2n) is 4.27. The highest BCUT2D eigenvalue weighted by molar-refractivity contribution is 6.18. The molecular weight excluding hydrogens is 206 g/mol. The van der Waals surface area contributed by atoms with Crippen LogP contribution in [0.5, 0.6) is 0 Å². The maximum atomic E-state index is 5.94. The van der Waals surface area contributed by atoms with Gasteiger partial charge in [0.05, 0.1) is 0 Å². The summed E-state index contributed by atoms with van der Waals surface area (Å²) < 4.78 is 0. The van der Waals surface area contributed by atoms with Crippen molar-refractivity contribution in [1.29, 1.82) is 0 Å². The first-order valence-electron chi connectivity index (χ1n) is 5.43. The molecule has 1 atom stereocenters. The second kappa shape index (κ2) is 5.53. The van der Waals surface area contributed by atoms with Crippen molar-refractivity contribution in [2.75, 3.05) is 12.9 Å². The SMILES string of the molecule is CNC(CCl)c1cc(C(C)C)ccc1C. The number of alkyl halides is 1. The summed E-state index contributed by atoms with van der Waals surface area (Å²) in [5, 5.41) is 3.24. The third-order valence-corrected chi connectivity index (χ3v) is 3.16. The number of hydrogen-bond donors (Lipinski definition) is 1. The molecule has 1 aromatic carbocycles. The highest BCUT2D eigenvalue weighted by Gasteiger charge is 2.11. The van der Waals surface area contributed by atoms with E-state index in [4.69, 9.17) is 11.6 Å². The van der Waals surface area contributed by atoms with Gasteiger partial charge in [-0.1, -0.05) is 32.0 Å². The molecule has 0 amide bonds. The molecule has 0 spiro atoms. The van der Waals surface area contributed by atoms with E-state index in [1.807, 2.05) is 7.05 Å².